The molecule has 1 aromatic carbocycles. The van der Waals surface area contributed by atoms with E-state index in [0.717, 1.165) is 44.4 Å². The zero-order valence-electron chi connectivity index (χ0n) is 16.5. The second kappa shape index (κ2) is 7.71. The number of fused-ring (bicyclic) bond motifs is 2. The fourth-order valence-electron chi connectivity index (χ4n) is 4.70. The van der Waals surface area contributed by atoms with Gasteiger partial charge in [0, 0.05) is 37.2 Å². The third-order valence-corrected chi connectivity index (χ3v) is 5.99. The molecule has 2 aromatic rings. The molecule has 0 radical (unpaired) electrons. The number of rotatable bonds is 5. The van der Waals surface area contributed by atoms with Gasteiger partial charge in [-0.3, -0.25) is 4.99 Å². The summed E-state index contributed by atoms with van der Waals surface area (Å²) in [5.74, 6) is 2.02. The molecule has 1 aliphatic heterocycles. The highest BCUT2D eigenvalue weighted by molar-refractivity contribution is 5.98. The minimum Gasteiger partial charge on any atom is -0.356 e. The van der Waals surface area contributed by atoms with Crippen molar-refractivity contribution >= 4 is 11.6 Å². The molecule has 144 valence electrons. The van der Waals surface area contributed by atoms with Crippen molar-refractivity contribution in [3.05, 3.63) is 42.0 Å². The van der Waals surface area contributed by atoms with Gasteiger partial charge in [-0.15, -0.1) is 10.2 Å². The largest absolute Gasteiger partial charge is 0.356 e. The van der Waals surface area contributed by atoms with Gasteiger partial charge in [-0.2, -0.15) is 0 Å². The Labute approximate surface area is 161 Å². The van der Waals surface area contributed by atoms with E-state index in [1.807, 2.05) is 0 Å². The van der Waals surface area contributed by atoms with E-state index in [0.29, 0.717) is 5.41 Å². The number of nitrogens with one attached hydrogen (secondary N) is 1. The van der Waals surface area contributed by atoms with Gasteiger partial charge < -0.3 is 14.8 Å². The van der Waals surface area contributed by atoms with Crippen LogP contribution >= 0.6 is 0 Å². The zero-order chi connectivity index (χ0) is 18.7. The second-order valence-electron chi connectivity index (χ2n) is 7.62. The molecule has 0 atom stereocenters. The van der Waals surface area contributed by atoms with Crippen LogP contribution < -0.4 is 10.2 Å². The Kier molecular flexibility index (Phi) is 5.14. The average Bonchev–Trinajstić information content (AvgIpc) is 3.42. The van der Waals surface area contributed by atoms with E-state index in [9.17, 15) is 0 Å². The number of anilines is 1. The molecule has 2 heterocycles. The number of aliphatic imine (C=N–C) groups is 1. The summed E-state index contributed by atoms with van der Waals surface area (Å²) in [7, 11) is 0. The monoisotopic (exact) mass is 366 g/mol. The lowest BCUT2D eigenvalue weighted by molar-refractivity contribution is 0.478. The smallest absolute Gasteiger partial charge is 0.198 e. The van der Waals surface area contributed by atoms with Gasteiger partial charge in [-0.1, -0.05) is 38.0 Å². The number of hydrogen-bond donors (Lipinski definition) is 1. The molecule has 1 N–H and O–H groups in total. The van der Waals surface area contributed by atoms with Crippen LogP contribution in [0.4, 0.5) is 5.69 Å². The van der Waals surface area contributed by atoms with E-state index >= 15 is 0 Å². The fourth-order valence-corrected chi connectivity index (χ4v) is 4.70. The molecule has 1 saturated carbocycles. The molecule has 0 bridgehead atoms. The minimum absolute atomic E-state index is 0.316. The van der Waals surface area contributed by atoms with Gasteiger partial charge >= 0.3 is 0 Å². The van der Waals surface area contributed by atoms with E-state index < -0.39 is 0 Å². The van der Waals surface area contributed by atoms with Crippen LogP contribution in [-0.4, -0.2) is 40.4 Å². The summed E-state index contributed by atoms with van der Waals surface area (Å²) >= 11 is 0. The van der Waals surface area contributed by atoms with Crippen LogP contribution in [0.1, 0.15) is 50.9 Å². The fraction of sp³-hybridized carbons (Fsp3) is 0.571. The van der Waals surface area contributed by atoms with Crippen LogP contribution in [0.25, 0.3) is 0 Å². The normalized spacial score (nSPS) is 18.3. The van der Waals surface area contributed by atoms with E-state index in [2.05, 4.69) is 63.1 Å². The maximum absolute atomic E-state index is 4.95. The van der Waals surface area contributed by atoms with Crippen LogP contribution in [0.15, 0.2) is 35.6 Å². The van der Waals surface area contributed by atoms with Crippen molar-refractivity contribution in [3.63, 3.8) is 0 Å². The van der Waals surface area contributed by atoms with Gasteiger partial charge in [0.1, 0.15) is 12.2 Å². The highest BCUT2D eigenvalue weighted by atomic mass is 15.3. The first-order valence-corrected chi connectivity index (χ1v) is 10.3. The van der Waals surface area contributed by atoms with Crippen molar-refractivity contribution in [1.82, 2.24) is 20.1 Å². The summed E-state index contributed by atoms with van der Waals surface area (Å²) in [5, 5.41) is 11.7. The van der Waals surface area contributed by atoms with E-state index in [4.69, 9.17) is 4.99 Å². The van der Waals surface area contributed by atoms with E-state index in [1.54, 1.807) is 6.33 Å². The van der Waals surface area contributed by atoms with Crippen molar-refractivity contribution in [2.75, 3.05) is 24.5 Å². The maximum Gasteiger partial charge on any atom is 0.198 e. The Morgan fingerprint density at radius 3 is 2.81 bits per heavy atom. The van der Waals surface area contributed by atoms with Gasteiger partial charge in [0.2, 0.25) is 0 Å². The number of para-hydroxylation sites is 1. The Balaban J connectivity index is 1.57. The molecule has 0 amide bonds. The predicted molar refractivity (Wildman–Crippen MR) is 109 cm³/mol. The second-order valence-corrected chi connectivity index (χ2v) is 7.62. The lowest BCUT2D eigenvalue weighted by atomic mass is 9.81. The third kappa shape index (κ3) is 3.33. The topological polar surface area (TPSA) is 58.3 Å². The summed E-state index contributed by atoms with van der Waals surface area (Å²) in [6.45, 7) is 7.70. The van der Waals surface area contributed by atoms with Crippen molar-refractivity contribution in [1.29, 1.82) is 0 Å². The molecule has 0 saturated heterocycles. The standard InChI is InChI=1S/C21H30N6/c1-3-19-25-24-16-26(19)14-13-23-20(22-4-2)27-15-21(11-7-8-12-21)17-9-5-6-10-18(17)27/h5-6,9-10,16H,3-4,7-8,11-15H2,1-2H3,(H,22,23). The van der Waals surface area contributed by atoms with Crippen LogP contribution in [0.2, 0.25) is 0 Å². The minimum atomic E-state index is 0.316. The van der Waals surface area contributed by atoms with Crippen molar-refractivity contribution in [3.8, 4) is 0 Å². The Bertz CT molecular complexity index is 803. The Morgan fingerprint density at radius 2 is 2.04 bits per heavy atom. The summed E-state index contributed by atoms with van der Waals surface area (Å²) in [4.78, 5) is 7.37. The first-order chi connectivity index (χ1) is 13.3. The van der Waals surface area contributed by atoms with Gasteiger partial charge in [-0.25, -0.2) is 0 Å². The van der Waals surface area contributed by atoms with Gasteiger partial charge in [-0.05, 0) is 31.4 Å². The molecule has 6 heteroatoms. The summed E-state index contributed by atoms with van der Waals surface area (Å²) in [6, 6.07) is 8.91. The van der Waals surface area contributed by atoms with Crippen molar-refractivity contribution in [2.45, 2.75) is 57.9 Å². The zero-order valence-corrected chi connectivity index (χ0v) is 16.5. The van der Waals surface area contributed by atoms with Crippen molar-refractivity contribution < 1.29 is 0 Å². The molecule has 1 spiro atoms. The van der Waals surface area contributed by atoms with Crippen LogP contribution in [0.3, 0.4) is 0 Å². The lowest BCUT2D eigenvalue weighted by Gasteiger charge is -2.26. The number of guanidine groups is 1. The SMILES string of the molecule is CCNC(=NCCn1cnnc1CC)N1CC2(CCCC2)c2ccccc21. The molecular weight excluding hydrogens is 336 g/mol. The Hall–Kier alpha value is -2.37. The molecule has 1 fully saturated rings. The third-order valence-electron chi connectivity index (χ3n) is 5.99. The molecule has 6 nitrogen and oxygen atoms in total. The molecule has 2 aliphatic rings. The number of nitrogens with zero attached hydrogens (tertiary/aromatic N) is 5. The van der Waals surface area contributed by atoms with Gasteiger partial charge in [0.15, 0.2) is 5.96 Å². The first kappa shape index (κ1) is 18.0. The van der Waals surface area contributed by atoms with Gasteiger partial charge in [0.25, 0.3) is 0 Å². The van der Waals surface area contributed by atoms with Crippen molar-refractivity contribution in [2.24, 2.45) is 4.99 Å². The number of benzene rings is 1. The number of aromatic nitrogens is 3. The molecule has 1 aromatic heterocycles. The molecule has 27 heavy (non-hydrogen) atoms. The maximum atomic E-state index is 4.95. The van der Waals surface area contributed by atoms with E-state index in [-0.39, 0.29) is 0 Å². The summed E-state index contributed by atoms with van der Waals surface area (Å²) < 4.78 is 2.10. The molecular formula is C21H30N6. The lowest BCUT2D eigenvalue weighted by Crippen LogP contribution is -2.43. The summed E-state index contributed by atoms with van der Waals surface area (Å²) in [6.07, 6.45) is 7.96. The molecule has 0 unspecified atom stereocenters. The quantitative estimate of drug-likeness (QED) is 0.652. The van der Waals surface area contributed by atoms with E-state index in [1.165, 1.54) is 36.9 Å². The van der Waals surface area contributed by atoms with Crippen LogP contribution in [-0.2, 0) is 18.4 Å². The summed E-state index contributed by atoms with van der Waals surface area (Å²) in [5.41, 5.74) is 3.16. The average molecular weight is 367 g/mol. The van der Waals surface area contributed by atoms with Gasteiger partial charge in [0.05, 0.1) is 6.54 Å². The Morgan fingerprint density at radius 1 is 1.22 bits per heavy atom. The van der Waals surface area contributed by atoms with Crippen LogP contribution in [0, 0.1) is 0 Å². The first-order valence-electron chi connectivity index (χ1n) is 10.3. The predicted octanol–water partition coefficient (Wildman–Crippen LogP) is 3.14. The highest BCUT2D eigenvalue weighted by Crippen LogP contribution is 2.50. The number of hydrogen-bond acceptors (Lipinski definition) is 3. The molecule has 4 rings (SSSR count). The highest BCUT2D eigenvalue weighted by Gasteiger charge is 2.45. The number of aryl methyl sites for hydroxylation is 1. The van der Waals surface area contributed by atoms with Crippen LogP contribution in [0.5, 0.6) is 0 Å². The molecule has 1 aliphatic carbocycles.